The highest BCUT2D eigenvalue weighted by Gasteiger charge is 2.31. The molecule has 0 saturated carbocycles. The molecule has 6 heteroatoms. The Kier molecular flexibility index (Phi) is 4.79. The molecule has 1 aromatic heterocycles. The number of carbonyl (C=O) groups is 1. The normalized spacial score (nSPS) is 18.2. The third-order valence-electron chi connectivity index (χ3n) is 4.17. The SMILES string of the molecule is Cc1ccc(-c2noc([C@H]3CCCN(C(=O)OC(C)(C)C)C3)n2)cc1. The molecular formula is C19H25N3O3. The zero-order valence-electron chi connectivity index (χ0n) is 15.3. The predicted octanol–water partition coefficient (Wildman–Crippen LogP) is 4.16. The lowest BCUT2D eigenvalue weighted by atomic mass is 9.98. The van der Waals surface area contributed by atoms with Gasteiger partial charge in [-0.3, -0.25) is 0 Å². The van der Waals surface area contributed by atoms with Crippen LogP contribution in [0.25, 0.3) is 11.4 Å². The van der Waals surface area contributed by atoms with Gasteiger partial charge in [0.2, 0.25) is 11.7 Å². The maximum atomic E-state index is 12.3. The molecule has 3 rings (SSSR count). The van der Waals surface area contributed by atoms with Crippen molar-refractivity contribution in [3.8, 4) is 11.4 Å². The van der Waals surface area contributed by atoms with Crippen LogP contribution in [0.5, 0.6) is 0 Å². The van der Waals surface area contributed by atoms with Crippen molar-refractivity contribution in [2.24, 2.45) is 0 Å². The summed E-state index contributed by atoms with van der Waals surface area (Å²) in [5.74, 6) is 1.22. The number of hydrogen-bond acceptors (Lipinski definition) is 5. The number of aryl methyl sites for hydroxylation is 1. The van der Waals surface area contributed by atoms with Crippen LogP contribution in [0, 0.1) is 6.92 Å². The lowest BCUT2D eigenvalue weighted by molar-refractivity contribution is 0.0189. The van der Waals surface area contributed by atoms with Crippen LogP contribution in [0.2, 0.25) is 0 Å². The lowest BCUT2D eigenvalue weighted by Crippen LogP contribution is -2.42. The van der Waals surface area contributed by atoms with Gasteiger partial charge < -0.3 is 14.2 Å². The maximum Gasteiger partial charge on any atom is 0.410 e. The van der Waals surface area contributed by atoms with Crippen LogP contribution in [0.1, 0.15) is 51.0 Å². The molecule has 0 radical (unpaired) electrons. The van der Waals surface area contributed by atoms with Crippen LogP contribution in [0.4, 0.5) is 4.79 Å². The van der Waals surface area contributed by atoms with E-state index in [1.807, 2.05) is 52.0 Å². The summed E-state index contributed by atoms with van der Waals surface area (Å²) < 4.78 is 10.9. The van der Waals surface area contributed by atoms with Crippen LogP contribution >= 0.6 is 0 Å². The van der Waals surface area contributed by atoms with Crippen molar-refractivity contribution in [3.05, 3.63) is 35.7 Å². The molecule has 6 nitrogen and oxygen atoms in total. The minimum atomic E-state index is -0.493. The first-order valence-corrected chi connectivity index (χ1v) is 8.70. The third kappa shape index (κ3) is 4.38. The van der Waals surface area contributed by atoms with E-state index in [9.17, 15) is 4.79 Å². The highest BCUT2D eigenvalue weighted by atomic mass is 16.6. The van der Waals surface area contributed by atoms with E-state index in [0.717, 1.165) is 18.4 Å². The summed E-state index contributed by atoms with van der Waals surface area (Å²) in [6, 6.07) is 8.02. The van der Waals surface area contributed by atoms with Gasteiger partial charge in [0.05, 0.1) is 5.92 Å². The first kappa shape index (κ1) is 17.5. The molecule has 0 spiro atoms. The molecule has 2 heterocycles. The number of ether oxygens (including phenoxy) is 1. The standard InChI is InChI=1S/C19H25N3O3/c1-13-7-9-14(10-8-13)16-20-17(25-21-16)15-6-5-11-22(12-15)18(23)24-19(2,3)4/h7-10,15H,5-6,11-12H2,1-4H3/t15-/m0/s1. The Morgan fingerprint density at radius 2 is 2.00 bits per heavy atom. The number of likely N-dealkylation sites (tertiary alicyclic amines) is 1. The van der Waals surface area contributed by atoms with Crippen LogP contribution in [0.15, 0.2) is 28.8 Å². The van der Waals surface area contributed by atoms with E-state index in [-0.39, 0.29) is 12.0 Å². The molecule has 25 heavy (non-hydrogen) atoms. The van der Waals surface area contributed by atoms with E-state index in [1.165, 1.54) is 5.56 Å². The first-order valence-electron chi connectivity index (χ1n) is 8.70. The molecule has 0 bridgehead atoms. The van der Waals surface area contributed by atoms with Gasteiger partial charge in [-0.25, -0.2) is 4.79 Å². The summed E-state index contributed by atoms with van der Waals surface area (Å²) in [6.45, 7) is 8.90. The van der Waals surface area contributed by atoms with Crippen LogP contribution in [-0.4, -0.2) is 39.8 Å². The number of amides is 1. The van der Waals surface area contributed by atoms with Gasteiger partial charge in [0.25, 0.3) is 0 Å². The molecular weight excluding hydrogens is 318 g/mol. The van der Waals surface area contributed by atoms with Crippen LogP contribution in [0.3, 0.4) is 0 Å². The molecule has 0 N–H and O–H groups in total. The maximum absolute atomic E-state index is 12.3. The molecule has 1 fully saturated rings. The summed E-state index contributed by atoms with van der Waals surface area (Å²) in [4.78, 5) is 18.6. The van der Waals surface area contributed by atoms with Crippen molar-refractivity contribution in [2.75, 3.05) is 13.1 Å². The van der Waals surface area contributed by atoms with Crippen LogP contribution in [-0.2, 0) is 4.74 Å². The molecule has 0 aliphatic carbocycles. The van der Waals surface area contributed by atoms with Crippen molar-refractivity contribution in [1.82, 2.24) is 15.0 Å². The number of rotatable bonds is 2. The fourth-order valence-electron chi connectivity index (χ4n) is 2.89. The Hall–Kier alpha value is -2.37. The fourth-order valence-corrected chi connectivity index (χ4v) is 2.89. The summed E-state index contributed by atoms with van der Waals surface area (Å²) >= 11 is 0. The smallest absolute Gasteiger partial charge is 0.410 e. The topological polar surface area (TPSA) is 68.5 Å². The number of piperidine rings is 1. The molecule has 1 amide bonds. The van der Waals surface area contributed by atoms with Gasteiger partial charge in [-0.1, -0.05) is 35.0 Å². The number of carbonyl (C=O) groups excluding carboxylic acids is 1. The van der Waals surface area contributed by atoms with E-state index >= 15 is 0 Å². The van der Waals surface area contributed by atoms with E-state index in [0.29, 0.717) is 24.8 Å². The molecule has 2 aromatic rings. The summed E-state index contributed by atoms with van der Waals surface area (Å²) in [5, 5.41) is 4.10. The number of nitrogens with zero attached hydrogens (tertiary/aromatic N) is 3. The van der Waals surface area contributed by atoms with Gasteiger partial charge in [0.1, 0.15) is 5.60 Å². The summed E-state index contributed by atoms with van der Waals surface area (Å²) in [5.41, 5.74) is 1.63. The zero-order valence-corrected chi connectivity index (χ0v) is 15.3. The lowest BCUT2D eigenvalue weighted by Gasteiger charge is -2.32. The predicted molar refractivity (Wildman–Crippen MR) is 94.3 cm³/mol. The Morgan fingerprint density at radius 1 is 1.28 bits per heavy atom. The molecule has 134 valence electrons. The van der Waals surface area contributed by atoms with E-state index in [1.54, 1.807) is 4.90 Å². The fraction of sp³-hybridized carbons (Fsp3) is 0.526. The second-order valence-corrected chi connectivity index (χ2v) is 7.59. The average Bonchev–Trinajstić information content (AvgIpc) is 3.04. The minimum absolute atomic E-state index is 0.0490. The Bertz CT molecular complexity index is 731. The van der Waals surface area contributed by atoms with Crippen molar-refractivity contribution in [1.29, 1.82) is 0 Å². The van der Waals surface area contributed by atoms with Crippen LogP contribution < -0.4 is 0 Å². The molecule has 1 aromatic carbocycles. The molecule has 1 aliphatic heterocycles. The van der Waals surface area contributed by atoms with Crippen molar-refractivity contribution in [3.63, 3.8) is 0 Å². The van der Waals surface area contributed by atoms with Gasteiger partial charge in [0, 0.05) is 18.7 Å². The zero-order chi connectivity index (χ0) is 18.0. The van der Waals surface area contributed by atoms with Crippen molar-refractivity contribution >= 4 is 6.09 Å². The number of aromatic nitrogens is 2. The first-order chi connectivity index (χ1) is 11.8. The van der Waals surface area contributed by atoms with Gasteiger partial charge in [-0.05, 0) is 40.5 Å². The van der Waals surface area contributed by atoms with Crippen molar-refractivity contribution in [2.45, 2.75) is 52.1 Å². The Labute approximate surface area is 148 Å². The van der Waals surface area contributed by atoms with Gasteiger partial charge in [0.15, 0.2) is 0 Å². The van der Waals surface area contributed by atoms with E-state index in [2.05, 4.69) is 10.1 Å². The summed E-state index contributed by atoms with van der Waals surface area (Å²) in [6.07, 6.45) is 1.54. The van der Waals surface area contributed by atoms with Gasteiger partial charge >= 0.3 is 6.09 Å². The summed E-state index contributed by atoms with van der Waals surface area (Å²) in [7, 11) is 0. The van der Waals surface area contributed by atoms with E-state index in [4.69, 9.17) is 9.26 Å². The Morgan fingerprint density at radius 3 is 2.68 bits per heavy atom. The second kappa shape index (κ2) is 6.86. The molecule has 1 saturated heterocycles. The highest BCUT2D eigenvalue weighted by Crippen LogP contribution is 2.28. The second-order valence-electron chi connectivity index (χ2n) is 7.59. The highest BCUT2D eigenvalue weighted by molar-refractivity contribution is 5.68. The van der Waals surface area contributed by atoms with E-state index < -0.39 is 5.60 Å². The quantitative estimate of drug-likeness (QED) is 0.819. The Balaban J connectivity index is 1.70. The van der Waals surface area contributed by atoms with Gasteiger partial charge in [-0.2, -0.15) is 4.98 Å². The van der Waals surface area contributed by atoms with Crippen molar-refractivity contribution < 1.29 is 14.1 Å². The van der Waals surface area contributed by atoms with Gasteiger partial charge in [-0.15, -0.1) is 0 Å². The number of hydrogen-bond donors (Lipinski definition) is 0. The average molecular weight is 343 g/mol. The molecule has 1 atom stereocenters. The molecule has 0 unspecified atom stereocenters. The largest absolute Gasteiger partial charge is 0.444 e. The minimum Gasteiger partial charge on any atom is -0.444 e. The number of benzene rings is 1. The molecule has 1 aliphatic rings. The monoisotopic (exact) mass is 343 g/mol. The third-order valence-corrected chi connectivity index (χ3v) is 4.17.